The van der Waals surface area contributed by atoms with Gasteiger partial charge in [0.15, 0.2) is 0 Å². The lowest BCUT2D eigenvalue weighted by Crippen LogP contribution is -2.42. The lowest BCUT2D eigenvalue weighted by molar-refractivity contribution is 0.231. The number of hydrogen-bond acceptors (Lipinski definition) is 2. The molecule has 6 heteroatoms. The molecule has 22 heavy (non-hydrogen) atoms. The number of rotatable bonds is 4. The number of halogens is 2. The van der Waals surface area contributed by atoms with Crippen LogP contribution in [0.3, 0.4) is 0 Å². The third-order valence-electron chi connectivity index (χ3n) is 4.20. The SMILES string of the molecule is O=C(N[C@@H]1C=C[C@H](CO)C1)N[C@@H]1C[C@H]1c1ccc(Cl)c(F)c1. The van der Waals surface area contributed by atoms with Crippen molar-refractivity contribution in [2.75, 3.05) is 6.61 Å². The summed E-state index contributed by atoms with van der Waals surface area (Å²) in [5.41, 5.74) is 0.855. The van der Waals surface area contributed by atoms with Crippen molar-refractivity contribution in [2.45, 2.75) is 30.8 Å². The number of aliphatic hydroxyl groups is 1. The Balaban J connectivity index is 1.48. The first kappa shape index (κ1) is 15.3. The van der Waals surface area contributed by atoms with Crippen LogP contribution in [-0.4, -0.2) is 29.8 Å². The summed E-state index contributed by atoms with van der Waals surface area (Å²) in [4.78, 5) is 11.9. The summed E-state index contributed by atoms with van der Waals surface area (Å²) in [5, 5.41) is 14.9. The molecule has 2 aliphatic rings. The third kappa shape index (κ3) is 3.42. The highest BCUT2D eigenvalue weighted by molar-refractivity contribution is 6.30. The maximum Gasteiger partial charge on any atom is 0.315 e. The van der Waals surface area contributed by atoms with Crippen molar-refractivity contribution in [1.29, 1.82) is 0 Å². The van der Waals surface area contributed by atoms with Crippen molar-refractivity contribution in [1.82, 2.24) is 10.6 Å². The van der Waals surface area contributed by atoms with Crippen LogP contribution < -0.4 is 10.6 Å². The molecule has 0 bridgehead atoms. The molecule has 1 saturated carbocycles. The van der Waals surface area contributed by atoms with Crippen molar-refractivity contribution >= 4 is 17.6 Å². The Hall–Kier alpha value is -1.59. The van der Waals surface area contributed by atoms with Crippen molar-refractivity contribution < 1.29 is 14.3 Å². The van der Waals surface area contributed by atoms with Gasteiger partial charge in [0.05, 0.1) is 5.02 Å². The number of carbonyl (C=O) groups excluding carboxylic acids is 1. The fourth-order valence-electron chi connectivity index (χ4n) is 2.86. The highest BCUT2D eigenvalue weighted by atomic mass is 35.5. The quantitative estimate of drug-likeness (QED) is 0.745. The molecular weight excluding hydrogens is 307 g/mol. The van der Waals surface area contributed by atoms with Crippen molar-refractivity contribution in [3.8, 4) is 0 Å². The van der Waals surface area contributed by atoms with Gasteiger partial charge in [-0.25, -0.2) is 9.18 Å². The van der Waals surface area contributed by atoms with Crippen LogP contribution in [0.15, 0.2) is 30.4 Å². The molecular formula is C16H18ClFN2O2. The highest BCUT2D eigenvalue weighted by Gasteiger charge is 2.40. The summed E-state index contributed by atoms with van der Waals surface area (Å²) < 4.78 is 13.4. The number of carbonyl (C=O) groups is 1. The largest absolute Gasteiger partial charge is 0.396 e. The monoisotopic (exact) mass is 324 g/mol. The summed E-state index contributed by atoms with van der Waals surface area (Å²) in [5.74, 6) is -0.168. The van der Waals surface area contributed by atoms with Gasteiger partial charge in [-0.1, -0.05) is 29.8 Å². The summed E-state index contributed by atoms with van der Waals surface area (Å²) in [6, 6.07) is 4.52. The van der Waals surface area contributed by atoms with E-state index in [4.69, 9.17) is 16.7 Å². The summed E-state index contributed by atoms with van der Waals surface area (Å²) >= 11 is 5.67. The molecule has 0 spiro atoms. The zero-order valence-electron chi connectivity index (χ0n) is 11.9. The van der Waals surface area contributed by atoms with E-state index in [9.17, 15) is 9.18 Å². The average Bonchev–Trinajstić information content (AvgIpc) is 3.09. The smallest absolute Gasteiger partial charge is 0.315 e. The number of benzene rings is 1. The van der Waals surface area contributed by atoms with Crippen molar-refractivity contribution in [3.63, 3.8) is 0 Å². The fourth-order valence-corrected chi connectivity index (χ4v) is 2.98. The summed E-state index contributed by atoms with van der Waals surface area (Å²) in [6.07, 6.45) is 5.34. The Bertz CT molecular complexity index is 608. The lowest BCUT2D eigenvalue weighted by Gasteiger charge is -2.13. The van der Waals surface area contributed by atoms with Gasteiger partial charge in [0.1, 0.15) is 5.82 Å². The van der Waals surface area contributed by atoms with Crippen molar-refractivity contribution in [2.24, 2.45) is 5.92 Å². The van der Waals surface area contributed by atoms with Gasteiger partial charge in [0.25, 0.3) is 0 Å². The van der Waals surface area contributed by atoms with Crippen LogP contribution in [0.25, 0.3) is 0 Å². The number of hydrogen-bond donors (Lipinski definition) is 3. The average molecular weight is 325 g/mol. The normalized spacial score (nSPS) is 29.4. The molecule has 0 heterocycles. The molecule has 1 fully saturated rings. The molecule has 3 rings (SSSR count). The number of aliphatic hydroxyl groups excluding tert-OH is 1. The second-order valence-corrected chi connectivity index (χ2v) is 6.32. The van der Waals surface area contributed by atoms with E-state index in [0.29, 0.717) is 0 Å². The minimum Gasteiger partial charge on any atom is -0.396 e. The zero-order valence-corrected chi connectivity index (χ0v) is 12.7. The predicted octanol–water partition coefficient (Wildman–Crippen LogP) is 2.57. The second kappa shape index (κ2) is 6.26. The minimum absolute atomic E-state index is 0.0274. The van der Waals surface area contributed by atoms with Gasteiger partial charge in [-0.3, -0.25) is 0 Å². The van der Waals surface area contributed by atoms with E-state index in [2.05, 4.69) is 10.6 Å². The van der Waals surface area contributed by atoms with E-state index in [0.717, 1.165) is 18.4 Å². The van der Waals surface area contributed by atoms with Crippen LogP contribution in [-0.2, 0) is 0 Å². The number of urea groups is 1. The van der Waals surface area contributed by atoms with Gasteiger partial charge >= 0.3 is 6.03 Å². The summed E-state index contributed by atoms with van der Waals surface area (Å²) in [7, 11) is 0. The molecule has 1 aromatic rings. The fraction of sp³-hybridized carbons (Fsp3) is 0.438. The standard InChI is InChI=1S/C16H18ClFN2O2/c17-13-4-2-10(6-14(13)18)12-7-15(12)20-16(22)19-11-3-1-9(5-11)8-21/h1-4,6,9,11-12,15,21H,5,7-8H2,(H2,19,20,22)/t9-,11+,12-,15+/m0/s1. The van der Waals surface area contributed by atoms with Gasteiger partial charge in [0.2, 0.25) is 0 Å². The maximum absolute atomic E-state index is 13.4. The van der Waals surface area contributed by atoms with Crippen LogP contribution in [0, 0.1) is 11.7 Å². The molecule has 0 aromatic heterocycles. The van der Waals surface area contributed by atoms with Gasteiger partial charge in [0, 0.05) is 30.5 Å². The molecule has 0 radical (unpaired) electrons. The molecule has 0 aliphatic heterocycles. The predicted molar refractivity (Wildman–Crippen MR) is 82.3 cm³/mol. The van der Waals surface area contributed by atoms with E-state index >= 15 is 0 Å². The first-order chi connectivity index (χ1) is 10.6. The maximum atomic E-state index is 13.4. The Morgan fingerprint density at radius 3 is 2.82 bits per heavy atom. The summed E-state index contributed by atoms with van der Waals surface area (Å²) in [6.45, 7) is 0.100. The van der Waals surface area contributed by atoms with Gasteiger partial charge in [-0.15, -0.1) is 0 Å². The molecule has 3 N–H and O–H groups in total. The molecule has 4 nitrogen and oxygen atoms in total. The second-order valence-electron chi connectivity index (χ2n) is 5.91. The molecule has 0 unspecified atom stereocenters. The number of nitrogens with one attached hydrogen (secondary N) is 2. The Kier molecular flexibility index (Phi) is 4.36. The molecule has 0 saturated heterocycles. The van der Waals surface area contributed by atoms with E-state index in [1.807, 2.05) is 12.2 Å². The van der Waals surface area contributed by atoms with Crippen LogP contribution in [0.2, 0.25) is 5.02 Å². The number of amides is 2. The van der Waals surface area contributed by atoms with Crippen LogP contribution in [0.1, 0.15) is 24.3 Å². The zero-order chi connectivity index (χ0) is 15.7. The van der Waals surface area contributed by atoms with Gasteiger partial charge < -0.3 is 15.7 Å². The van der Waals surface area contributed by atoms with Crippen LogP contribution >= 0.6 is 11.6 Å². The van der Waals surface area contributed by atoms with Gasteiger partial charge in [-0.2, -0.15) is 0 Å². The Labute approximate surface area is 133 Å². The van der Waals surface area contributed by atoms with Gasteiger partial charge in [-0.05, 0) is 30.5 Å². The molecule has 2 aliphatic carbocycles. The van der Waals surface area contributed by atoms with E-state index < -0.39 is 5.82 Å². The third-order valence-corrected chi connectivity index (χ3v) is 4.51. The topological polar surface area (TPSA) is 61.4 Å². The first-order valence-electron chi connectivity index (χ1n) is 7.38. The van der Waals surface area contributed by atoms with Crippen molar-refractivity contribution in [3.05, 3.63) is 46.8 Å². The van der Waals surface area contributed by atoms with E-state index in [1.165, 1.54) is 6.07 Å². The molecule has 1 aromatic carbocycles. The molecule has 2 amide bonds. The van der Waals surface area contributed by atoms with Crippen LogP contribution in [0.5, 0.6) is 0 Å². The Morgan fingerprint density at radius 2 is 2.14 bits per heavy atom. The lowest BCUT2D eigenvalue weighted by atomic mass is 10.1. The minimum atomic E-state index is -0.430. The van der Waals surface area contributed by atoms with Crippen LogP contribution in [0.4, 0.5) is 9.18 Å². The molecule has 118 valence electrons. The Morgan fingerprint density at radius 1 is 1.32 bits per heavy atom. The first-order valence-corrected chi connectivity index (χ1v) is 7.75. The van der Waals surface area contributed by atoms with E-state index in [1.54, 1.807) is 12.1 Å². The molecule has 4 atom stereocenters. The highest BCUT2D eigenvalue weighted by Crippen LogP contribution is 2.41. The van der Waals surface area contributed by atoms with E-state index in [-0.39, 0.29) is 41.6 Å².